The molecule has 0 spiro atoms. The minimum Gasteiger partial charge on any atom is -0.456 e. The Morgan fingerprint density at radius 1 is 0.286 bits per heavy atom. The first-order valence-electron chi connectivity index (χ1n) is 34.8. The van der Waals surface area contributed by atoms with Crippen molar-refractivity contribution < 1.29 is 13.3 Å². The molecule has 1 unspecified atom stereocenters. The summed E-state index contributed by atoms with van der Waals surface area (Å²) in [4.78, 5) is 0. The summed E-state index contributed by atoms with van der Waals surface area (Å²) in [5, 5.41) is 6.97. The smallest absolute Gasteiger partial charge is 0.144 e. The van der Waals surface area contributed by atoms with Crippen LogP contribution in [0.2, 0.25) is 0 Å². The molecule has 0 saturated carbocycles. The van der Waals surface area contributed by atoms with Crippen LogP contribution >= 0.6 is 0 Å². The molecule has 0 radical (unpaired) electrons. The quantitative estimate of drug-likeness (QED) is 0.145. The van der Waals surface area contributed by atoms with Gasteiger partial charge in [-0.25, -0.2) is 0 Å². The van der Waals surface area contributed by atoms with Crippen LogP contribution in [0.4, 0.5) is 0 Å². The summed E-state index contributed by atoms with van der Waals surface area (Å²) in [5.74, 6) is 0.0249. The highest BCUT2D eigenvalue weighted by Gasteiger charge is 2.53. The maximum atomic E-state index is 7.17. The fourth-order valence-corrected chi connectivity index (χ4v) is 19.5. The summed E-state index contributed by atoms with van der Waals surface area (Å²) >= 11 is 0. The number of para-hydroxylation sites is 3. The number of aryl methyl sites for hydroxylation is 1. The van der Waals surface area contributed by atoms with E-state index in [-0.39, 0.29) is 16.7 Å². The normalized spacial score (nSPS) is 15.5. The van der Waals surface area contributed by atoms with Crippen molar-refractivity contribution in [2.24, 2.45) is 0 Å². The highest BCUT2D eigenvalue weighted by Crippen LogP contribution is 2.66. The van der Waals surface area contributed by atoms with Crippen LogP contribution in [0.3, 0.4) is 0 Å². The van der Waals surface area contributed by atoms with E-state index in [2.05, 4.69) is 325 Å². The molecular weight excluding hydrogens is 1190 g/mol. The fraction of sp³-hybridized carbons (Fsp3) is 0.116. The first-order valence-corrected chi connectivity index (χ1v) is 34.8. The third-order valence-corrected chi connectivity index (χ3v) is 23.6. The summed E-state index contributed by atoms with van der Waals surface area (Å²) in [6.07, 6.45) is 1.70. The average molecular weight is 1260 g/mol. The standard InChI is InChI=1S/C95H66O3/c1-92(2)73-37-21-17-34-66(73)86-87-69-36-20-24-40-81(69)98-91(87)88-67-47-43-58(53-75(67)93(3,4)90(88)89(86)92)63(57-44-49-82-71(52-57)65-33-18-22-38-79(65)96-82)45-41-56-42-46-64-70-54-78-72(55-77(70)95(76(64)51-56,61-29-13-7-14-30-61)62-31-15-8-16-32-62)84-74(48-50-83-85(84)68-35-19-23-39-80(68)97-83)94(78,59-25-9-5-10-26-59)60-27-11-6-12-28-60/h5-40,42-44,46-55,63H,41,45H2,1-4H3. The van der Waals surface area contributed by atoms with Crippen LogP contribution in [0.5, 0.6) is 0 Å². The minimum absolute atomic E-state index is 0.0249. The third-order valence-electron chi connectivity index (χ3n) is 23.6. The van der Waals surface area contributed by atoms with Crippen molar-refractivity contribution in [3.63, 3.8) is 0 Å². The van der Waals surface area contributed by atoms with Gasteiger partial charge in [-0.05, 0) is 184 Å². The zero-order valence-corrected chi connectivity index (χ0v) is 55.0. The Kier molecular flexibility index (Phi) is 11.4. The van der Waals surface area contributed by atoms with E-state index in [1.807, 2.05) is 0 Å². The zero-order chi connectivity index (χ0) is 65.0. The van der Waals surface area contributed by atoms with Crippen LogP contribution in [0.1, 0.15) is 123 Å². The second kappa shape index (κ2) is 20.0. The predicted molar refractivity (Wildman–Crippen MR) is 401 cm³/mol. The van der Waals surface area contributed by atoms with Crippen molar-refractivity contribution in [1.29, 1.82) is 0 Å². The summed E-state index contributed by atoms with van der Waals surface area (Å²) in [5.41, 5.74) is 33.2. The van der Waals surface area contributed by atoms with E-state index in [1.165, 1.54) is 139 Å². The molecule has 0 bridgehead atoms. The second-order valence-corrected chi connectivity index (χ2v) is 29.1. The van der Waals surface area contributed by atoms with Gasteiger partial charge in [0.2, 0.25) is 0 Å². The molecule has 3 heteroatoms. The van der Waals surface area contributed by atoms with Crippen LogP contribution in [0, 0.1) is 0 Å². The molecule has 0 fully saturated rings. The van der Waals surface area contributed by atoms with Gasteiger partial charge in [0.15, 0.2) is 0 Å². The number of hydrogen-bond acceptors (Lipinski definition) is 3. The number of benzene rings is 14. The van der Waals surface area contributed by atoms with E-state index >= 15 is 0 Å². The molecule has 4 aliphatic rings. The third kappa shape index (κ3) is 7.22. The lowest BCUT2D eigenvalue weighted by atomic mass is 9.66. The van der Waals surface area contributed by atoms with Gasteiger partial charge in [-0.15, -0.1) is 0 Å². The predicted octanol–water partition coefficient (Wildman–Crippen LogP) is 24.5. The van der Waals surface area contributed by atoms with Crippen LogP contribution in [-0.4, -0.2) is 0 Å². The van der Waals surface area contributed by atoms with Crippen molar-refractivity contribution in [1.82, 2.24) is 0 Å². The SMILES string of the molecule is CC1(C)c2cc(C(CCc3ccc4c(c3)C(c3ccccc3)(c3ccccc3)c3cc5c(cc3-4)C(c3ccccc3)(c3ccccc3)c3ccc4oc6ccccc6c4c3-5)c3ccc4oc5ccccc5c4c3)ccc2-c2c1c1c(c3c2oc2ccccc23)-c2ccccc2C1(C)C. The highest BCUT2D eigenvalue weighted by molar-refractivity contribution is 6.21. The Balaban J connectivity index is 0.766. The lowest BCUT2D eigenvalue weighted by Gasteiger charge is -2.35. The molecule has 0 N–H and O–H groups in total. The van der Waals surface area contributed by atoms with Crippen LogP contribution in [0.15, 0.2) is 311 Å². The number of fused-ring (bicyclic) bond motifs is 25. The van der Waals surface area contributed by atoms with Gasteiger partial charge in [0.1, 0.15) is 33.5 Å². The first kappa shape index (κ1) is 55.7. The fourth-order valence-electron chi connectivity index (χ4n) is 19.5. The van der Waals surface area contributed by atoms with Crippen LogP contribution < -0.4 is 0 Å². The Morgan fingerprint density at radius 3 is 1.44 bits per heavy atom. The number of rotatable bonds is 9. The maximum Gasteiger partial charge on any atom is 0.144 e. The van der Waals surface area contributed by atoms with Crippen molar-refractivity contribution in [3.05, 3.63) is 381 Å². The molecule has 0 aliphatic heterocycles. The van der Waals surface area contributed by atoms with Gasteiger partial charge < -0.3 is 13.3 Å². The molecule has 98 heavy (non-hydrogen) atoms. The van der Waals surface area contributed by atoms with E-state index in [4.69, 9.17) is 13.3 Å². The lowest BCUT2D eigenvalue weighted by molar-refractivity contribution is 0.599. The maximum absolute atomic E-state index is 7.17. The molecule has 21 rings (SSSR count). The number of furan rings is 3. The van der Waals surface area contributed by atoms with Gasteiger partial charge in [0.05, 0.1) is 10.8 Å². The lowest BCUT2D eigenvalue weighted by Crippen LogP contribution is -2.30. The van der Waals surface area contributed by atoms with Crippen molar-refractivity contribution in [2.45, 2.75) is 68.1 Å². The first-order chi connectivity index (χ1) is 48.1. The number of hydrogen-bond donors (Lipinski definition) is 0. The molecule has 1 atom stereocenters. The molecule has 4 aliphatic carbocycles. The second-order valence-electron chi connectivity index (χ2n) is 29.1. The topological polar surface area (TPSA) is 39.4 Å². The molecule has 0 saturated heterocycles. The molecule has 3 heterocycles. The van der Waals surface area contributed by atoms with E-state index in [1.54, 1.807) is 0 Å². The largest absolute Gasteiger partial charge is 0.456 e. The summed E-state index contributed by atoms with van der Waals surface area (Å²) in [6.45, 7) is 9.83. The Morgan fingerprint density at radius 2 is 0.755 bits per heavy atom. The Hall–Kier alpha value is -11.5. The molecular formula is C95H66O3. The molecule has 14 aromatic carbocycles. The molecule has 3 aromatic heterocycles. The van der Waals surface area contributed by atoms with E-state index in [0.717, 1.165) is 67.9 Å². The Labute approximate surface area is 568 Å². The van der Waals surface area contributed by atoms with Crippen molar-refractivity contribution in [3.8, 4) is 44.5 Å². The molecule has 3 nitrogen and oxygen atoms in total. The van der Waals surface area contributed by atoms with Gasteiger partial charge in [-0.2, -0.15) is 0 Å². The monoisotopic (exact) mass is 1250 g/mol. The zero-order valence-electron chi connectivity index (χ0n) is 55.0. The van der Waals surface area contributed by atoms with E-state index < -0.39 is 10.8 Å². The van der Waals surface area contributed by atoms with Crippen LogP contribution in [0.25, 0.3) is 110 Å². The minimum atomic E-state index is -0.690. The van der Waals surface area contributed by atoms with Gasteiger partial charge in [0, 0.05) is 54.6 Å². The summed E-state index contributed by atoms with van der Waals surface area (Å²) < 4.78 is 20.6. The van der Waals surface area contributed by atoms with E-state index in [0.29, 0.717) is 0 Å². The van der Waals surface area contributed by atoms with Gasteiger partial charge >= 0.3 is 0 Å². The molecule has 464 valence electrons. The van der Waals surface area contributed by atoms with Crippen LogP contribution in [-0.2, 0) is 28.1 Å². The van der Waals surface area contributed by atoms with E-state index in [9.17, 15) is 0 Å². The summed E-state index contributed by atoms with van der Waals surface area (Å²) in [6, 6.07) is 112. The van der Waals surface area contributed by atoms with Gasteiger partial charge in [-0.1, -0.05) is 276 Å². The highest BCUT2D eigenvalue weighted by atomic mass is 16.3. The van der Waals surface area contributed by atoms with Crippen molar-refractivity contribution >= 4 is 65.8 Å². The van der Waals surface area contributed by atoms with Gasteiger partial charge in [0.25, 0.3) is 0 Å². The van der Waals surface area contributed by atoms with Crippen molar-refractivity contribution in [2.75, 3.05) is 0 Å². The molecule has 0 amide bonds. The Bertz CT molecular complexity index is 6150. The van der Waals surface area contributed by atoms with Gasteiger partial charge in [-0.3, -0.25) is 0 Å². The molecule has 17 aromatic rings. The summed E-state index contributed by atoms with van der Waals surface area (Å²) in [7, 11) is 0. The average Bonchev–Trinajstić information content (AvgIpc) is 1.51.